The predicted octanol–water partition coefficient (Wildman–Crippen LogP) is 1.88. The molecule has 17 heavy (non-hydrogen) atoms. The largest absolute Gasteiger partial charge is 0.348 e. The van der Waals surface area contributed by atoms with Gasteiger partial charge in [0.05, 0.1) is 12.1 Å². The summed E-state index contributed by atoms with van der Waals surface area (Å²) in [5.74, 6) is -2.13. The third-order valence-electron chi connectivity index (χ3n) is 2.58. The van der Waals surface area contributed by atoms with E-state index >= 15 is 0 Å². The number of halogens is 2. The van der Waals surface area contributed by atoms with Crippen molar-refractivity contribution in [2.45, 2.75) is 32.4 Å². The Labute approximate surface area is 99.0 Å². The Hall–Kier alpha value is -1.49. The fourth-order valence-electron chi connectivity index (χ4n) is 1.37. The maximum Gasteiger partial charge on any atom is 0.237 e. The maximum absolute atomic E-state index is 13.0. The van der Waals surface area contributed by atoms with Gasteiger partial charge in [0.25, 0.3) is 0 Å². The van der Waals surface area contributed by atoms with Gasteiger partial charge in [0, 0.05) is 0 Å². The molecule has 0 saturated heterocycles. The predicted molar refractivity (Wildman–Crippen MR) is 61.2 cm³/mol. The molecule has 94 valence electrons. The van der Waals surface area contributed by atoms with E-state index in [1.807, 2.05) is 0 Å². The summed E-state index contributed by atoms with van der Waals surface area (Å²) in [6.07, 6.45) is 0.524. The van der Waals surface area contributed by atoms with Crippen LogP contribution in [-0.2, 0) is 4.79 Å². The average molecular weight is 242 g/mol. The second-order valence-corrected chi connectivity index (χ2v) is 3.92. The van der Waals surface area contributed by atoms with Gasteiger partial charge < -0.3 is 11.1 Å². The van der Waals surface area contributed by atoms with E-state index in [1.54, 1.807) is 13.8 Å². The summed E-state index contributed by atoms with van der Waals surface area (Å²) >= 11 is 0. The lowest BCUT2D eigenvalue weighted by atomic mass is 10.1. The summed E-state index contributed by atoms with van der Waals surface area (Å²) < 4.78 is 25.7. The van der Waals surface area contributed by atoms with Crippen molar-refractivity contribution in [2.75, 3.05) is 0 Å². The molecule has 0 aliphatic rings. The molecule has 0 bridgehead atoms. The number of nitrogens with one attached hydrogen (secondary N) is 1. The van der Waals surface area contributed by atoms with Crippen molar-refractivity contribution in [3.05, 3.63) is 35.4 Å². The molecule has 1 aromatic rings. The fourth-order valence-corrected chi connectivity index (χ4v) is 1.37. The number of nitrogens with two attached hydrogens (primary N) is 1. The molecule has 1 unspecified atom stereocenters. The minimum atomic E-state index is -0.927. The first-order chi connectivity index (χ1) is 7.95. The lowest BCUT2D eigenvalue weighted by Gasteiger charge is -2.17. The minimum absolute atomic E-state index is 0.301. The lowest BCUT2D eigenvalue weighted by Crippen LogP contribution is -2.41. The Kier molecular flexibility index (Phi) is 4.57. The average Bonchev–Trinajstić information content (AvgIpc) is 2.31. The number of amides is 1. The van der Waals surface area contributed by atoms with Gasteiger partial charge in [-0.15, -0.1) is 0 Å². The Bertz CT molecular complexity index is 409. The van der Waals surface area contributed by atoms with Gasteiger partial charge in [0.1, 0.15) is 0 Å². The van der Waals surface area contributed by atoms with E-state index in [2.05, 4.69) is 5.32 Å². The number of hydrogen-bond acceptors (Lipinski definition) is 2. The second kappa shape index (κ2) is 5.72. The molecule has 0 radical (unpaired) electrons. The normalized spacial score (nSPS) is 14.2. The highest BCUT2D eigenvalue weighted by atomic mass is 19.2. The molecule has 0 fully saturated rings. The molecule has 0 heterocycles. The molecule has 1 amide bonds. The fraction of sp³-hybridized carbons (Fsp3) is 0.417. The molecular formula is C12H16F2N2O. The Morgan fingerprint density at radius 1 is 1.41 bits per heavy atom. The zero-order chi connectivity index (χ0) is 13.0. The Morgan fingerprint density at radius 2 is 2.06 bits per heavy atom. The van der Waals surface area contributed by atoms with Crippen molar-refractivity contribution < 1.29 is 13.6 Å². The summed E-state index contributed by atoms with van der Waals surface area (Å²) in [6.45, 7) is 3.49. The van der Waals surface area contributed by atoms with Crippen LogP contribution in [0.4, 0.5) is 8.78 Å². The summed E-state index contributed by atoms with van der Waals surface area (Å²) in [6, 6.07) is 2.55. The van der Waals surface area contributed by atoms with E-state index in [1.165, 1.54) is 6.07 Å². The highest BCUT2D eigenvalue weighted by Gasteiger charge is 2.15. The second-order valence-electron chi connectivity index (χ2n) is 3.92. The summed E-state index contributed by atoms with van der Waals surface area (Å²) in [7, 11) is 0. The van der Waals surface area contributed by atoms with Gasteiger partial charge in [-0.1, -0.05) is 13.0 Å². The third-order valence-corrected chi connectivity index (χ3v) is 2.58. The van der Waals surface area contributed by atoms with Gasteiger partial charge in [0.15, 0.2) is 11.6 Å². The van der Waals surface area contributed by atoms with Gasteiger partial charge >= 0.3 is 0 Å². The molecular weight excluding hydrogens is 226 g/mol. The van der Waals surface area contributed by atoms with Crippen LogP contribution in [0.2, 0.25) is 0 Å². The van der Waals surface area contributed by atoms with Crippen LogP contribution in [-0.4, -0.2) is 11.9 Å². The van der Waals surface area contributed by atoms with Crippen LogP contribution in [0.3, 0.4) is 0 Å². The van der Waals surface area contributed by atoms with Crippen LogP contribution in [0.1, 0.15) is 31.9 Å². The van der Waals surface area contributed by atoms with Crippen LogP contribution in [0.25, 0.3) is 0 Å². The molecule has 0 aliphatic carbocycles. The van der Waals surface area contributed by atoms with Crippen molar-refractivity contribution in [1.29, 1.82) is 0 Å². The lowest BCUT2D eigenvalue weighted by molar-refractivity contribution is -0.123. The van der Waals surface area contributed by atoms with Crippen LogP contribution >= 0.6 is 0 Å². The number of carbonyl (C=O) groups is 1. The summed E-state index contributed by atoms with van der Waals surface area (Å²) in [5, 5.41) is 2.64. The number of carbonyl (C=O) groups excluding carboxylic acids is 1. The molecule has 0 aromatic heterocycles. The molecule has 0 saturated carbocycles. The summed E-state index contributed by atoms with van der Waals surface area (Å²) in [4.78, 5) is 11.5. The van der Waals surface area contributed by atoms with Crippen molar-refractivity contribution in [3.63, 3.8) is 0 Å². The quantitative estimate of drug-likeness (QED) is 0.847. The zero-order valence-electron chi connectivity index (χ0n) is 9.84. The number of rotatable bonds is 4. The molecule has 0 aliphatic heterocycles. The molecule has 3 nitrogen and oxygen atoms in total. The van der Waals surface area contributed by atoms with Crippen molar-refractivity contribution in [3.8, 4) is 0 Å². The topological polar surface area (TPSA) is 55.1 Å². The molecule has 1 aromatic carbocycles. The van der Waals surface area contributed by atoms with E-state index < -0.39 is 23.7 Å². The standard InChI is InChI=1S/C12H16F2N2O/c1-3-11(15)12(17)16-7(2)8-4-5-9(13)10(14)6-8/h4-7,11H,3,15H2,1-2H3,(H,16,17)/t7?,11-/m1/s1. The van der Waals surface area contributed by atoms with E-state index in [4.69, 9.17) is 5.73 Å². The van der Waals surface area contributed by atoms with Gasteiger partial charge in [-0.25, -0.2) is 8.78 Å². The first-order valence-corrected chi connectivity index (χ1v) is 5.46. The highest BCUT2D eigenvalue weighted by Crippen LogP contribution is 2.15. The van der Waals surface area contributed by atoms with Gasteiger partial charge in [-0.2, -0.15) is 0 Å². The molecule has 0 spiro atoms. The molecule has 2 atom stereocenters. The Morgan fingerprint density at radius 3 is 2.59 bits per heavy atom. The van der Waals surface area contributed by atoms with Crippen LogP contribution in [0.15, 0.2) is 18.2 Å². The van der Waals surface area contributed by atoms with Crippen LogP contribution in [0, 0.1) is 11.6 Å². The van der Waals surface area contributed by atoms with Crippen molar-refractivity contribution in [1.82, 2.24) is 5.32 Å². The first kappa shape index (κ1) is 13.6. The van der Waals surface area contributed by atoms with Crippen LogP contribution < -0.4 is 11.1 Å². The Balaban J connectivity index is 2.73. The van der Waals surface area contributed by atoms with Crippen LogP contribution in [0.5, 0.6) is 0 Å². The van der Waals surface area contributed by atoms with Gasteiger partial charge in [0.2, 0.25) is 5.91 Å². The smallest absolute Gasteiger partial charge is 0.237 e. The van der Waals surface area contributed by atoms with Gasteiger partial charge in [-0.05, 0) is 31.0 Å². The SMILES string of the molecule is CC[C@@H](N)C(=O)NC(C)c1ccc(F)c(F)c1. The minimum Gasteiger partial charge on any atom is -0.348 e. The molecule has 1 rings (SSSR count). The van der Waals surface area contributed by atoms with E-state index in [0.717, 1.165) is 12.1 Å². The molecule has 3 N–H and O–H groups in total. The third kappa shape index (κ3) is 3.49. The van der Waals surface area contributed by atoms with E-state index in [0.29, 0.717) is 12.0 Å². The van der Waals surface area contributed by atoms with E-state index in [-0.39, 0.29) is 5.91 Å². The number of benzene rings is 1. The maximum atomic E-state index is 13.0. The van der Waals surface area contributed by atoms with Gasteiger partial charge in [-0.3, -0.25) is 4.79 Å². The number of hydrogen-bond donors (Lipinski definition) is 2. The summed E-state index contributed by atoms with van der Waals surface area (Å²) in [5.41, 5.74) is 6.05. The van der Waals surface area contributed by atoms with Crippen molar-refractivity contribution >= 4 is 5.91 Å². The van der Waals surface area contributed by atoms with E-state index in [9.17, 15) is 13.6 Å². The highest BCUT2D eigenvalue weighted by molar-refractivity contribution is 5.81. The first-order valence-electron chi connectivity index (χ1n) is 5.46. The van der Waals surface area contributed by atoms with Crippen molar-refractivity contribution in [2.24, 2.45) is 5.73 Å². The molecule has 5 heteroatoms. The monoisotopic (exact) mass is 242 g/mol. The zero-order valence-corrected chi connectivity index (χ0v) is 9.84.